The zero-order valence-corrected chi connectivity index (χ0v) is 21.8. The van der Waals surface area contributed by atoms with Crippen molar-refractivity contribution in [3.63, 3.8) is 0 Å². The largest absolute Gasteiger partial charge is 0.439 e. The van der Waals surface area contributed by atoms with Crippen molar-refractivity contribution in [3.05, 3.63) is 93.3 Å². The molecule has 1 amide bonds. The summed E-state index contributed by atoms with van der Waals surface area (Å²) in [6.07, 6.45) is -5.91. The van der Waals surface area contributed by atoms with E-state index >= 15 is 0 Å². The Kier molecular flexibility index (Phi) is 7.10. The normalized spacial score (nSPS) is 18.0. The quantitative estimate of drug-likeness (QED) is 0.320. The topological polar surface area (TPSA) is 29.5 Å². The first kappa shape index (κ1) is 26.7. The van der Waals surface area contributed by atoms with Gasteiger partial charge in [-0.2, -0.15) is 13.2 Å². The zero-order chi connectivity index (χ0) is 27.2. The van der Waals surface area contributed by atoms with Crippen LogP contribution in [0, 0.1) is 26.6 Å². The number of hydrogen-bond donors (Lipinski definition) is 0. The average Bonchev–Trinajstić information content (AvgIpc) is 3.07. The van der Waals surface area contributed by atoms with Crippen LogP contribution in [0.5, 0.6) is 0 Å². The van der Waals surface area contributed by atoms with Crippen LogP contribution >= 0.6 is 0 Å². The number of benzene rings is 3. The molecule has 3 aromatic rings. The van der Waals surface area contributed by atoms with Crippen LogP contribution in [0.2, 0.25) is 0 Å². The maximum atomic E-state index is 14.6. The first-order valence-electron chi connectivity index (χ1n) is 12.3. The first-order chi connectivity index (χ1) is 17.3. The summed E-state index contributed by atoms with van der Waals surface area (Å²) in [5.41, 5.74) is 4.99. The second-order valence-electron chi connectivity index (χ2n) is 10.3. The third-order valence-corrected chi connectivity index (χ3v) is 7.00. The Morgan fingerprint density at radius 3 is 2.30 bits per heavy atom. The summed E-state index contributed by atoms with van der Waals surface area (Å²) in [6.45, 7) is 11.2. The Labute approximate surface area is 215 Å². The molecule has 0 saturated carbocycles. The van der Waals surface area contributed by atoms with Gasteiger partial charge in [-0.15, -0.1) is 0 Å². The van der Waals surface area contributed by atoms with E-state index in [9.17, 15) is 22.4 Å². The van der Waals surface area contributed by atoms with Crippen LogP contribution in [0.1, 0.15) is 71.7 Å². The van der Waals surface area contributed by atoms with Gasteiger partial charge < -0.3 is 4.74 Å². The highest BCUT2D eigenvalue weighted by Crippen LogP contribution is 2.39. The van der Waals surface area contributed by atoms with Crippen molar-refractivity contribution in [2.75, 3.05) is 0 Å². The van der Waals surface area contributed by atoms with Gasteiger partial charge in [0.1, 0.15) is 11.9 Å². The van der Waals surface area contributed by atoms with Crippen LogP contribution in [0.15, 0.2) is 48.5 Å². The van der Waals surface area contributed by atoms with E-state index in [0.29, 0.717) is 16.7 Å². The maximum Gasteiger partial charge on any atom is 0.416 e. The lowest BCUT2D eigenvalue weighted by Crippen LogP contribution is -2.31. The molecule has 1 fully saturated rings. The van der Waals surface area contributed by atoms with Crippen molar-refractivity contribution in [1.29, 1.82) is 0 Å². The van der Waals surface area contributed by atoms with Crippen LogP contribution in [-0.2, 0) is 17.5 Å². The summed E-state index contributed by atoms with van der Waals surface area (Å²) in [7, 11) is 0. The van der Waals surface area contributed by atoms with E-state index in [1.54, 1.807) is 24.8 Å². The number of hydrogen-bond acceptors (Lipinski definition) is 2. The van der Waals surface area contributed by atoms with Crippen LogP contribution in [0.4, 0.5) is 22.4 Å². The molecule has 1 aliphatic heterocycles. The second-order valence-corrected chi connectivity index (χ2v) is 10.3. The minimum Gasteiger partial charge on any atom is -0.439 e. The van der Waals surface area contributed by atoms with Crippen molar-refractivity contribution in [1.82, 2.24) is 4.90 Å². The van der Waals surface area contributed by atoms with Crippen LogP contribution < -0.4 is 0 Å². The molecule has 37 heavy (non-hydrogen) atoms. The number of ether oxygens (including phenoxy) is 1. The van der Waals surface area contributed by atoms with Crippen molar-refractivity contribution < 1.29 is 27.1 Å². The molecule has 0 aromatic heterocycles. The van der Waals surface area contributed by atoms with E-state index < -0.39 is 30.0 Å². The highest BCUT2D eigenvalue weighted by Gasteiger charge is 2.41. The minimum atomic E-state index is -4.50. The lowest BCUT2D eigenvalue weighted by atomic mass is 9.90. The van der Waals surface area contributed by atoms with E-state index in [2.05, 4.69) is 0 Å². The van der Waals surface area contributed by atoms with Crippen molar-refractivity contribution in [2.45, 2.75) is 72.3 Å². The molecule has 0 unspecified atom stereocenters. The summed E-state index contributed by atoms with van der Waals surface area (Å²) in [6, 6.07) is 12.6. The van der Waals surface area contributed by atoms with E-state index in [4.69, 9.17) is 4.74 Å². The maximum absolute atomic E-state index is 14.6. The average molecular weight is 514 g/mol. The summed E-state index contributed by atoms with van der Waals surface area (Å²) < 4.78 is 60.4. The van der Waals surface area contributed by atoms with Gasteiger partial charge in [0.15, 0.2) is 0 Å². The van der Waals surface area contributed by atoms with E-state index in [1.165, 1.54) is 6.07 Å². The molecule has 1 heterocycles. The molecule has 0 N–H and O–H groups in total. The highest BCUT2D eigenvalue weighted by atomic mass is 19.4. The fraction of sp³-hybridized carbons (Fsp3) is 0.367. The van der Waals surface area contributed by atoms with Crippen molar-refractivity contribution in [2.24, 2.45) is 0 Å². The van der Waals surface area contributed by atoms with Crippen LogP contribution in [0.3, 0.4) is 0 Å². The molecule has 0 bridgehead atoms. The Balaban J connectivity index is 1.71. The number of nitrogens with zero attached hydrogens (tertiary/aromatic N) is 1. The standard InChI is InChI=1S/C30H31F4NO2/c1-16(2)25-14-26(19(5)12-27(25)31)24-8-7-17(3)9-22(24)15-35-20(6)28(37-29(35)36)21-10-18(4)11-23(13-21)30(32,33)34/h7-14,16,20,28H,15H2,1-6H3/t20-,28+/m0/s1. The van der Waals surface area contributed by atoms with Gasteiger partial charge in [-0.1, -0.05) is 49.2 Å². The van der Waals surface area contributed by atoms with Gasteiger partial charge in [-0.3, -0.25) is 4.90 Å². The number of halogens is 4. The fourth-order valence-corrected chi connectivity index (χ4v) is 5.02. The number of amides is 1. The van der Waals surface area contributed by atoms with Crippen LogP contribution in [-0.4, -0.2) is 17.0 Å². The van der Waals surface area contributed by atoms with E-state index in [-0.39, 0.29) is 18.3 Å². The summed E-state index contributed by atoms with van der Waals surface area (Å²) in [5.74, 6) is -0.251. The van der Waals surface area contributed by atoms with Gasteiger partial charge in [0.25, 0.3) is 0 Å². The van der Waals surface area contributed by atoms with E-state index in [1.807, 2.05) is 52.0 Å². The van der Waals surface area contributed by atoms with Gasteiger partial charge in [0.2, 0.25) is 0 Å². The van der Waals surface area contributed by atoms with Crippen molar-refractivity contribution >= 4 is 6.09 Å². The number of alkyl halides is 3. The number of carbonyl (C=O) groups excluding carboxylic acids is 1. The molecule has 2 atom stereocenters. The number of carbonyl (C=O) groups is 1. The molecule has 0 spiro atoms. The molecular formula is C30H31F4NO2. The molecule has 3 nitrogen and oxygen atoms in total. The van der Waals surface area contributed by atoms with Gasteiger partial charge in [-0.05, 0) is 91.3 Å². The predicted molar refractivity (Wildman–Crippen MR) is 136 cm³/mol. The number of cyclic esters (lactones) is 1. The Morgan fingerprint density at radius 2 is 1.65 bits per heavy atom. The lowest BCUT2D eigenvalue weighted by Gasteiger charge is -2.24. The second kappa shape index (κ2) is 9.84. The van der Waals surface area contributed by atoms with E-state index in [0.717, 1.165) is 39.9 Å². The highest BCUT2D eigenvalue weighted by molar-refractivity contribution is 5.74. The Morgan fingerprint density at radius 1 is 0.946 bits per heavy atom. The number of rotatable bonds is 5. The zero-order valence-electron chi connectivity index (χ0n) is 21.8. The van der Waals surface area contributed by atoms with Gasteiger partial charge >= 0.3 is 12.3 Å². The molecule has 1 saturated heterocycles. The summed E-state index contributed by atoms with van der Waals surface area (Å²) in [4.78, 5) is 14.5. The smallest absolute Gasteiger partial charge is 0.416 e. The molecule has 196 valence electrons. The SMILES string of the molecule is Cc1cc([C@@H]2OC(=O)N(Cc3cc(C)ccc3-c3cc(C(C)C)c(F)cc3C)[C@H]2C)cc(C(F)(F)F)c1. The molecule has 7 heteroatoms. The summed E-state index contributed by atoms with van der Waals surface area (Å²) >= 11 is 0. The molecule has 4 rings (SSSR count). The monoisotopic (exact) mass is 513 g/mol. The van der Waals surface area contributed by atoms with Crippen LogP contribution in [0.25, 0.3) is 11.1 Å². The first-order valence-corrected chi connectivity index (χ1v) is 12.3. The lowest BCUT2D eigenvalue weighted by molar-refractivity contribution is -0.137. The molecule has 0 radical (unpaired) electrons. The van der Waals surface area contributed by atoms with Gasteiger partial charge in [-0.25, -0.2) is 9.18 Å². The van der Waals surface area contributed by atoms with Gasteiger partial charge in [0.05, 0.1) is 18.2 Å². The number of aryl methyl sites for hydroxylation is 3. The Bertz CT molecular complexity index is 1350. The molecule has 3 aromatic carbocycles. The minimum absolute atomic E-state index is 0.00138. The third-order valence-electron chi connectivity index (χ3n) is 7.00. The third kappa shape index (κ3) is 5.36. The molecule has 1 aliphatic rings. The summed E-state index contributed by atoms with van der Waals surface area (Å²) in [5, 5.41) is 0. The Hall–Kier alpha value is -3.35. The molecule has 0 aliphatic carbocycles. The van der Waals surface area contributed by atoms with Gasteiger partial charge in [0, 0.05) is 0 Å². The van der Waals surface area contributed by atoms with Crippen molar-refractivity contribution in [3.8, 4) is 11.1 Å². The molecular weight excluding hydrogens is 482 g/mol. The fourth-order valence-electron chi connectivity index (χ4n) is 5.02. The predicted octanol–water partition coefficient (Wildman–Crippen LogP) is 8.64.